The molecule has 0 spiro atoms. The highest BCUT2D eigenvalue weighted by molar-refractivity contribution is 7.98. The first-order valence-electron chi connectivity index (χ1n) is 4.38. The van der Waals surface area contributed by atoms with Crippen LogP contribution < -0.4 is 0 Å². The van der Waals surface area contributed by atoms with E-state index in [-0.39, 0.29) is 12.5 Å². The van der Waals surface area contributed by atoms with Crippen molar-refractivity contribution >= 4 is 17.7 Å². The van der Waals surface area contributed by atoms with Crippen LogP contribution in [0, 0.1) is 0 Å². The van der Waals surface area contributed by atoms with Gasteiger partial charge in [0.2, 0.25) is 0 Å². The van der Waals surface area contributed by atoms with Gasteiger partial charge in [-0.05, 0) is 26.2 Å². The normalized spacial score (nSPS) is 10.9. The monoisotopic (exact) mass is 214 g/mol. The molecule has 1 N–H and O–H groups in total. The van der Waals surface area contributed by atoms with Crippen molar-refractivity contribution in [2.75, 3.05) is 6.26 Å². The lowest BCUT2D eigenvalue weighted by molar-refractivity contribution is -0.136. The summed E-state index contributed by atoms with van der Waals surface area (Å²) in [7, 11) is 0. The average molecular weight is 214 g/mol. The molecule has 1 aromatic rings. The van der Waals surface area contributed by atoms with Gasteiger partial charge in [0.1, 0.15) is 0 Å². The highest BCUT2D eigenvalue weighted by Crippen LogP contribution is 2.20. The Hall–Kier alpha value is -0.970. The molecule has 0 saturated heterocycles. The lowest BCUT2D eigenvalue weighted by atomic mass is 10.3. The first-order valence-corrected chi connectivity index (χ1v) is 5.61. The van der Waals surface area contributed by atoms with Crippen molar-refractivity contribution < 1.29 is 9.90 Å². The predicted octanol–water partition coefficient (Wildman–Crippen LogP) is 1.81. The average Bonchev–Trinajstić information content (AvgIpc) is 2.46. The van der Waals surface area contributed by atoms with Gasteiger partial charge in [0.25, 0.3) is 0 Å². The van der Waals surface area contributed by atoms with Crippen LogP contribution in [0.15, 0.2) is 11.1 Å². The van der Waals surface area contributed by atoms with E-state index in [1.165, 1.54) is 0 Å². The fourth-order valence-corrected chi connectivity index (χ4v) is 1.88. The van der Waals surface area contributed by atoms with Crippen molar-refractivity contribution in [3.05, 3.63) is 11.8 Å². The summed E-state index contributed by atoms with van der Waals surface area (Å²) in [5.41, 5.74) is 0.621. The number of hydrogen-bond donors (Lipinski definition) is 1. The van der Waals surface area contributed by atoms with E-state index in [2.05, 4.69) is 5.10 Å². The molecular formula is C9H14N2O2S. The number of carboxylic acids is 1. The molecule has 0 unspecified atom stereocenters. The molecule has 0 radical (unpaired) electrons. The van der Waals surface area contributed by atoms with Gasteiger partial charge in [-0.15, -0.1) is 11.8 Å². The summed E-state index contributed by atoms with van der Waals surface area (Å²) in [6.45, 7) is 4.05. The number of aromatic nitrogens is 2. The molecule has 4 nitrogen and oxygen atoms in total. The van der Waals surface area contributed by atoms with E-state index < -0.39 is 5.97 Å². The van der Waals surface area contributed by atoms with Gasteiger partial charge in [-0.2, -0.15) is 5.10 Å². The van der Waals surface area contributed by atoms with Crippen LogP contribution in [0.25, 0.3) is 0 Å². The molecule has 1 aromatic heterocycles. The van der Waals surface area contributed by atoms with E-state index in [1.807, 2.05) is 30.9 Å². The minimum absolute atomic E-state index is 0.00667. The number of thioether (sulfide) groups is 1. The third kappa shape index (κ3) is 2.51. The molecule has 1 heterocycles. The zero-order chi connectivity index (χ0) is 10.7. The van der Waals surface area contributed by atoms with Crippen LogP contribution >= 0.6 is 11.8 Å². The molecule has 0 aliphatic rings. The molecule has 0 saturated carbocycles. The third-order valence-corrected chi connectivity index (χ3v) is 2.51. The van der Waals surface area contributed by atoms with Gasteiger partial charge in [0, 0.05) is 6.04 Å². The van der Waals surface area contributed by atoms with Gasteiger partial charge in [0.15, 0.2) is 0 Å². The van der Waals surface area contributed by atoms with Crippen LogP contribution in [0.4, 0.5) is 0 Å². The Labute approximate surface area is 87.3 Å². The molecule has 0 aliphatic heterocycles. The molecule has 0 aromatic carbocycles. The highest BCUT2D eigenvalue weighted by atomic mass is 32.2. The summed E-state index contributed by atoms with van der Waals surface area (Å²) in [6.07, 6.45) is 1.95. The van der Waals surface area contributed by atoms with Crippen LogP contribution in [-0.4, -0.2) is 27.1 Å². The van der Waals surface area contributed by atoms with Gasteiger partial charge < -0.3 is 5.11 Å². The molecule has 14 heavy (non-hydrogen) atoms. The second-order valence-corrected chi connectivity index (χ2v) is 4.11. The topological polar surface area (TPSA) is 55.1 Å². The molecule has 0 aliphatic carbocycles. The number of aliphatic carboxylic acids is 1. The summed E-state index contributed by atoms with van der Waals surface area (Å²) in [4.78, 5) is 10.5. The van der Waals surface area contributed by atoms with Crippen molar-refractivity contribution in [3.63, 3.8) is 0 Å². The van der Waals surface area contributed by atoms with Gasteiger partial charge in [-0.3, -0.25) is 9.48 Å². The molecule has 5 heteroatoms. The van der Waals surface area contributed by atoms with Crippen molar-refractivity contribution in [3.8, 4) is 0 Å². The maximum absolute atomic E-state index is 10.5. The van der Waals surface area contributed by atoms with Gasteiger partial charge in [0.05, 0.1) is 17.1 Å². The van der Waals surface area contributed by atoms with E-state index >= 15 is 0 Å². The van der Waals surface area contributed by atoms with Crippen molar-refractivity contribution in [2.45, 2.75) is 31.3 Å². The summed E-state index contributed by atoms with van der Waals surface area (Å²) in [5.74, 6) is -0.842. The fraction of sp³-hybridized carbons (Fsp3) is 0.556. The van der Waals surface area contributed by atoms with Crippen LogP contribution in [0.1, 0.15) is 25.6 Å². The van der Waals surface area contributed by atoms with Crippen LogP contribution in [0.2, 0.25) is 0 Å². The number of hydrogen-bond acceptors (Lipinski definition) is 3. The van der Waals surface area contributed by atoms with Crippen molar-refractivity contribution in [2.24, 2.45) is 0 Å². The molecule has 0 atom stereocenters. The minimum atomic E-state index is -0.842. The van der Waals surface area contributed by atoms with Gasteiger partial charge in [-0.25, -0.2) is 0 Å². The lowest BCUT2D eigenvalue weighted by Crippen LogP contribution is -2.06. The SMILES string of the molecule is CSc1cc(CC(=O)O)nn1C(C)C. The smallest absolute Gasteiger partial charge is 0.309 e. The Bertz CT molecular complexity index is 334. The maximum atomic E-state index is 10.5. The van der Waals surface area contributed by atoms with E-state index in [4.69, 9.17) is 5.11 Å². The largest absolute Gasteiger partial charge is 0.481 e. The standard InChI is InChI=1S/C9H14N2O2S/c1-6(2)11-8(14-3)4-7(10-11)5-9(12)13/h4,6H,5H2,1-3H3,(H,12,13). The Balaban J connectivity index is 2.94. The quantitative estimate of drug-likeness (QED) is 0.777. The third-order valence-electron chi connectivity index (χ3n) is 1.78. The number of rotatable bonds is 4. The number of carbonyl (C=O) groups is 1. The molecule has 0 bridgehead atoms. The molecule has 0 fully saturated rings. The maximum Gasteiger partial charge on any atom is 0.309 e. The van der Waals surface area contributed by atoms with Gasteiger partial charge >= 0.3 is 5.97 Å². The number of nitrogens with zero attached hydrogens (tertiary/aromatic N) is 2. The predicted molar refractivity (Wildman–Crippen MR) is 55.7 cm³/mol. The zero-order valence-corrected chi connectivity index (χ0v) is 9.34. The first-order chi connectivity index (χ1) is 6.54. The molecule has 1 rings (SSSR count). The Morgan fingerprint density at radius 3 is 2.71 bits per heavy atom. The van der Waals surface area contributed by atoms with E-state index in [9.17, 15) is 4.79 Å². The number of carboxylic acid groups (broad SMARTS) is 1. The molecule has 0 amide bonds. The van der Waals surface area contributed by atoms with E-state index in [0.29, 0.717) is 5.69 Å². The minimum Gasteiger partial charge on any atom is -0.481 e. The summed E-state index contributed by atoms with van der Waals surface area (Å²) in [6, 6.07) is 2.10. The van der Waals surface area contributed by atoms with Crippen LogP contribution in [0.5, 0.6) is 0 Å². The van der Waals surface area contributed by atoms with E-state index in [0.717, 1.165) is 5.03 Å². The van der Waals surface area contributed by atoms with Crippen molar-refractivity contribution in [1.29, 1.82) is 0 Å². The zero-order valence-electron chi connectivity index (χ0n) is 8.52. The molecule has 78 valence electrons. The van der Waals surface area contributed by atoms with Crippen molar-refractivity contribution in [1.82, 2.24) is 9.78 Å². The second kappa shape index (κ2) is 4.50. The Kier molecular flexibility index (Phi) is 3.57. The van der Waals surface area contributed by atoms with E-state index in [1.54, 1.807) is 11.8 Å². The van der Waals surface area contributed by atoms with Gasteiger partial charge in [-0.1, -0.05) is 0 Å². The molecular weight excluding hydrogens is 200 g/mol. The summed E-state index contributed by atoms with van der Waals surface area (Å²) >= 11 is 1.58. The fourth-order valence-electron chi connectivity index (χ4n) is 1.19. The first kappa shape index (κ1) is 11.1. The highest BCUT2D eigenvalue weighted by Gasteiger charge is 2.11. The Morgan fingerprint density at radius 1 is 1.71 bits per heavy atom. The Morgan fingerprint density at radius 2 is 2.36 bits per heavy atom. The second-order valence-electron chi connectivity index (χ2n) is 3.29. The lowest BCUT2D eigenvalue weighted by Gasteiger charge is -2.07. The summed E-state index contributed by atoms with van der Waals surface area (Å²) < 4.78 is 1.85. The summed E-state index contributed by atoms with van der Waals surface area (Å²) in [5, 5.41) is 13.9. The van der Waals surface area contributed by atoms with Crippen LogP contribution in [0.3, 0.4) is 0 Å². The van der Waals surface area contributed by atoms with Crippen LogP contribution in [-0.2, 0) is 11.2 Å².